The highest BCUT2D eigenvalue weighted by molar-refractivity contribution is 7.89. The van der Waals surface area contributed by atoms with Crippen LogP contribution < -0.4 is 9.62 Å². The summed E-state index contributed by atoms with van der Waals surface area (Å²) in [5.41, 5.74) is 3.50. The Balaban J connectivity index is 1.32. The lowest BCUT2D eigenvalue weighted by Crippen LogP contribution is -2.51. The fourth-order valence-corrected chi connectivity index (χ4v) is 5.11. The van der Waals surface area contributed by atoms with Gasteiger partial charge >= 0.3 is 0 Å². The quantitative estimate of drug-likeness (QED) is 0.816. The van der Waals surface area contributed by atoms with Crippen molar-refractivity contribution in [2.24, 2.45) is 0 Å². The number of carbonyl (C=O) groups excluding carboxylic acids is 1. The fourth-order valence-electron chi connectivity index (χ4n) is 4.08. The molecule has 2 aromatic rings. The SMILES string of the molecule is O=C(CNS(=O)(=O)c1ccc2c(c1)CCCC2)N1CCN(c2ccccc2)CC1. The molecule has 0 spiro atoms. The first-order valence-electron chi connectivity index (χ1n) is 10.2. The monoisotopic (exact) mass is 413 g/mol. The van der Waals surface area contributed by atoms with E-state index in [2.05, 4.69) is 21.8 Å². The van der Waals surface area contributed by atoms with Gasteiger partial charge in [0, 0.05) is 31.9 Å². The van der Waals surface area contributed by atoms with E-state index in [1.807, 2.05) is 24.3 Å². The molecular weight excluding hydrogens is 386 g/mol. The molecule has 1 saturated heterocycles. The summed E-state index contributed by atoms with van der Waals surface area (Å²) in [7, 11) is -3.69. The van der Waals surface area contributed by atoms with Gasteiger partial charge < -0.3 is 9.80 Å². The molecule has 1 fully saturated rings. The molecule has 1 amide bonds. The second kappa shape index (κ2) is 8.55. The summed E-state index contributed by atoms with van der Waals surface area (Å²) in [4.78, 5) is 16.8. The van der Waals surface area contributed by atoms with Gasteiger partial charge in [-0.3, -0.25) is 4.79 Å². The topological polar surface area (TPSA) is 69.7 Å². The minimum Gasteiger partial charge on any atom is -0.368 e. The third-order valence-electron chi connectivity index (χ3n) is 5.80. The maximum Gasteiger partial charge on any atom is 0.241 e. The predicted molar refractivity (Wildman–Crippen MR) is 114 cm³/mol. The highest BCUT2D eigenvalue weighted by atomic mass is 32.2. The molecule has 1 aliphatic carbocycles. The minimum absolute atomic E-state index is 0.181. The van der Waals surface area contributed by atoms with Gasteiger partial charge in [-0.1, -0.05) is 24.3 Å². The van der Waals surface area contributed by atoms with E-state index in [9.17, 15) is 13.2 Å². The van der Waals surface area contributed by atoms with Crippen molar-refractivity contribution >= 4 is 21.6 Å². The Morgan fingerprint density at radius 1 is 0.897 bits per heavy atom. The van der Waals surface area contributed by atoms with Gasteiger partial charge in [0.2, 0.25) is 15.9 Å². The number of piperazine rings is 1. The van der Waals surface area contributed by atoms with Crippen LogP contribution in [0.5, 0.6) is 0 Å². The molecule has 1 aliphatic heterocycles. The van der Waals surface area contributed by atoms with Gasteiger partial charge in [-0.15, -0.1) is 0 Å². The van der Waals surface area contributed by atoms with Crippen LogP contribution in [0.15, 0.2) is 53.4 Å². The maximum absolute atomic E-state index is 12.7. The molecule has 7 heteroatoms. The summed E-state index contributed by atoms with van der Waals surface area (Å²) in [6.07, 6.45) is 4.18. The normalized spacial score (nSPS) is 17.1. The van der Waals surface area contributed by atoms with E-state index in [1.165, 1.54) is 5.56 Å². The van der Waals surface area contributed by atoms with E-state index in [0.717, 1.165) is 50.0 Å². The zero-order valence-corrected chi connectivity index (χ0v) is 17.3. The van der Waals surface area contributed by atoms with Crippen molar-refractivity contribution in [3.8, 4) is 0 Å². The highest BCUT2D eigenvalue weighted by Gasteiger charge is 2.24. The third-order valence-corrected chi connectivity index (χ3v) is 7.20. The molecule has 1 N–H and O–H groups in total. The van der Waals surface area contributed by atoms with Crippen molar-refractivity contribution in [3.63, 3.8) is 0 Å². The van der Waals surface area contributed by atoms with E-state index in [0.29, 0.717) is 13.1 Å². The number of hydrogen-bond donors (Lipinski definition) is 1. The number of amides is 1. The molecule has 6 nitrogen and oxygen atoms in total. The lowest BCUT2D eigenvalue weighted by Gasteiger charge is -2.36. The third kappa shape index (κ3) is 4.62. The van der Waals surface area contributed by atoms with Crippen LogP contribution in [-0.2, 0) is 27.7 Å². The molecule has 0 radical (unpaired) electrons. The Bertz CT molecular complexity index is 968. The lowest BCUT2D eigenvalue weighted by atomic mass is 9.92. The zero-order chi connectivity index (χ0) is 20.3. The van der Waals surface area contributed by atoms with Crippen LogP contribution >= 0.6 is 0 Å². The number of benzene rings is 2. The van der Waals surface area contributed by atoms with Gasteiger partial charge in [0.25, 0.3) is 0 Å². The number of nitrogens with zero attached hydrogens (tertiary/aromatic N) is 2. The average Bonchev–Trinajstić information content (AvgIpc) is 2.78. The second-order valence-electron chi connectivity index (χ2n) is 7.67. The molecule has 29 heavy (non-hydrogen) atoms. The molecule has 0 bridgehead atoms. The summed E-state index contributed by atoms with van der Waals surface area (Å²) in [5, 5.41) is 0. The van der Waals surface area contributed by atoms with Crippen molar-refractivity contribution in [1.82, 2.24) is 9.62 Å². The maximum atomic E-state index is 12.7. The highest BCUT2D eigenvalue weighted by Crippen LogP contribution is 2.24. The number of para-hydroxylation sites is 1. The number of sulfonamides is 1. The van der Waals surface area contributed by atoms with Gasteiger partial charge in [0.1, 0.15) is 0 Å². The van der Waals surface area contributed by atoms with Gasteiger partial charge in [0.15, 0.2) is 0 Å². The molecule has 0 atom stereocenters. The first-order chi connectivity index (χ1) is 14.0. The van der Waals surface area contributed by atoms with E-state index >= 15 is 0 Å². The Hall–Kier alpha value is -2.38. The smallest absolute Gasteiger partial charge is 0.241 e. The van der Waals surface area contributed by atoms with E-state index in [4.69, 9.17) is 0 Å². The van der Waals surface area contributed by atoms with Gasteiger partial charge in [-0.2, -0.15) is 0 Å². The number of hydrogen-bond acceptors (Lipinski definition) is 4. The Labute approximate surface area is 172 Å². The number of anilines is 1. The number of carbonyl (C=O) groups is 1. The summed E-state index contributed by atoms with van der Waals surface area (Å²) in [6, 6.07) is 15.4. The first kappa shape index (κ1) is 19.9. The predicted octanol–water partition coefficient (Wildman–Crippen LogP) is 2.19. The average molecular weight is 414 g/mol. The molecule has 2 aromatic carbocycles. The molecule has 154 valence electrons. The second-order valence-corrected chi connectivity index (χ2v) is 9.43. The van der Waals surface area contributed by atoms with Gasteiger partial charge in [-0.05, 0) is 61.1 Å². The largest absolute Gasteiger partial charge is 0.368 e. The van der Waals surface area contributed by atoms with Crippen LogP contribution in [0.2, 0.25) is 0 Å². The summed E-state index contributed by atoms with van der Waals surface area (Å²) >= 11 is 0. The van der Waals surface area contributed by atoms with Crippen LogP contribution in [0.3, 0.4) is 0 Å². The van der Waals surface area contributed by atoms with Crippen LogP contribution in [0, 0.1) is 0 Å². The molecule has 1 heterocycles. The molecule has 0 saturated carbocycles. The molecule has 0 unspecified atom stereocenters. The number of fused-ring (bicyclic) bond motifs is 1. The lowest BCUT2D eigenvalue weighted by molar-refractivity contribution is -0.130. The van der Waals surface area contributed by atoms with Crippen LogP contribution in [0.25, 0.3) is 0 Å². The standard InChI is InChI=1S/C22H27N3O3S/c26-22(25-14-12-24(13-15-25)20-8-2-1-3-9-20)17-23-29(27,28)21-11-10-18-6-4-5-7-19(18)16-21/h1-3,8-11,16,23H,4-7,12-15,17H2. The number of rotatable bonds is 5. The Kier molecular flexibility index (Phi) is 5.87. The Morgan fingerprint density at radius 3 is 2.31 bits per heavy atom. The Morgan fingerprint density at radius 2 is 1.59 bits per heavy atom. The first-order valence-corrected chi connectivity index (χ1v) is 11.7. The molecule has 2 aliphatic rings. The zero-order valence-electron chi connectivity index (χ0n) is 16.5. The van der Waals surface area contributed by atoms with Crippen molar-refractivity contribution in [2.45, 2.75) is 30.6 Å². The van der Waals surface area contributed by atoms with E-state index in [-0.39, 0.29) is 17.3 Å². The van der Waals surface area contributed by atoms with Crippen molar-refractivity contribution in [1.29, 1.82) is 0 Å². The summed E-state index contributed by atoms with van der Waals surface area (Å²) in [6.45, 7) is 2.47. The summed E-state index contributed by atoms with van der Waals surface area (Å²) < 4.78 is 27.8. The molecule has 4 rings (SSSR count). The van der Waals surface area contributed by atoms with Crippen molar-refractivity contribution in [2.75, 3.05) is 37.6 Å². The molecule has 0 aromatic heterocycles. The van der Waals surface area contributed by atoms with Crippen LogP contribution in [0.4, 0.5) is 5.69 Å². The number of aryl methyl sites for hydroxylation is 2. The fraction of sp³-hybridized carbons (Fsp3) is 0.409. The minimum atomic E-state index is -3.69. The van der Waals surface area contributed by atoms with E-state index in [1.54, 1.807) is 17.0 Å². The molecular formula is C22H27N3O3S. The van der Waals surface area contributed by atoms with Crippen LogP contribution in [-0.4, -0.2) is 51.9 Å². The van der Waals surface area contributed by atoms with Gasteiger partial charge in [-0.25, -0.2) is 13.1 Å². The van der Waals surface area contributed by atoms with Crippen molar-refractivity contribution < 1.29 is 13.2 Å². The summed E-state index contributed by atoms with van der Waals surface area (Å²) in [5.74, 6) is -0.181. The number of nitrogens with one attached hydrogen (secondary N) is 1. The van der Waals surface area contributed by atoms with Crippen LogP contribution in [0.1, 0.15) is 24.0 Å². The van der Waals surface area contributed by atoms with E-state index < -0.39 is 10.0 Å². The van der Waals surface area contributed by atoms with Crippen molar-refractivity contribution in [3.05, 3.63) is 59.7 Å². The van der Waals surface area contributed by atoms with Gasteiger partial charge in [0.05, 0.1) is 11.4 Å².